The summed E-state index contributed by atoms with van der Waals surface area (Å²) in [5.74, 6) is -0.596. The molecule has 2 aromatic carbocycles. The van der Waals surface area contributed by atoms with Crippen LogP contribution >= 0.6 is 15.9 Å². The largest absolute Gasteiger partial charge is 0.354 e. The van der Waals surface area contributed by atoms with E-state index >= 15 is 0 Å². The van der Waals surface area contributed by atoms with Gasteiger partial charge in [-0.05, 0) is 31.0 Å². The van der Waals surface area contributed by atoms with Crippen molar-refractivity contribution < 1.29 is 14.5 Å². The third-order valence-electron chi connectivity index (χ3n) is 4.51. The number of amides is 2. The Morgan fingerprint density at radius 2 is 1.83 bits per heavy atom. The van der Waals surface area contributed by atoms with Gasteiger partial charge in [0.05, 0.1) is 11.3 Å². The highest BCUT2D eigenvalue weighted by Crippen LogP contribution is 2.21. The molecular formula is C21H24BrN3O4. The minimum Gasteiger partial charge on any atom is -0.354 e. The lowest BCUT2D eigenvalue weighted by Crippen LogP contribution is -2.48. The quantitative estimate of drug-likeness (QED) is 0.453. The summed E-state index contributed by atoms with van der Waals surface area (Å²) in [5, 5.41) is 14.1. The Morgan fingerprint density at radius 1 is 1.17 bits per heavy atom. The number of para-hydroxylation sites is 1. The number of carbonyl (C=O) groups is 2. The van der Waals surface area contributed by atoms with Crippen molar-refractivity contribution in [3.63, 3.8) is 0 Å². The minimum atomic E-state index is -0.708. The summed E-state index contributed by atoms with van der Waals surface area (Å²) < 4.78 is 0.910. The summed E-state index contributed by atoms with van der Waals surface area (Å²) in [4.78, 5) is 37.8. The number of hydrogen-bond donors (Lipinski definition) is 1. The predicted molar refractivity (Wildman–Crippen MR) is 114 cm³/mol. The van der Waals surface area contributed by atoms with Gasteiger partial charge in [-0.2, -0.15) is 0 Å². The Morgan fingerprint density at radius 3 is 2.45 bits per heavy atom. The van der Waals surface area contributed by atoms with Gasteiger partial charge in [0, 0.05) is 29.2 Å². The van der Waals surface area contributed by atoms with Crippen LogP contribution in [-0.2, 0) is 22.6 Å². The van der Waals surface area contributed by atoms with Crippen molar-refractivity contribution in [3.05, 3.63) is 74.2 Å². The molecule has 0 aliphatic carbocycles. The van der Waals surface area contributed by atoms with E-state index in [4.69, 9.17) is 0 Å². The van der Waals surface area contributed by atoms with Crippen LogP contribution in [0.2, 0.25) is 0 Å². The average molecular weight is 462 g/mol. The maximum atomic E-state index is 13.1. The van der Waals surface area contributed by atoms with Crippen molar-refractivity contribution in [3.8, 4) is 0 Å². The number of nitrogens with zero attached hydrogens (tertiary/aromatic N) is 2. The summed E-state index contributed by atoms with van der Waals surface area (Å²) in [6, 6.07) is 12.9. The average Bonchev–Trinajstić information content (AvgIpc) is 2.71. The maximum absolute atomic E-state index is 13.1. The van der Waals surface area contributed by atoms with Crippen LogP contribution in [0.4, 0.5) is 5.69 Å². The molecule has 154 valence electrons. The highest BCUT2D eigenvalue weighted by Gasteiger charge is 2.27. The van der Waals surface area contributed by atoms with E-state index in [-0.39, 0.29) is 30.5 Å². The summed E-state index contributed by atoms with van der Waals surface area (Å²) in [7, 11) is 0. The van der Waals surface area contributed by atoms with Gasteiger partial charge in [0.1, 0.15) is 6.04 Å². The molecule has 8 heteroatoms. The van der Waals surface area contributed by atoms with Crippen LogP contribution in [0.3, 0.4) is 0 Å². The number of rotatable bonds is 9. The molecule has 0 fully saturated rings. The summed E-state index contributed by atoms with van der Waals surface area (Å²) in [6.07, 6.45) is 0.633. The van der Waals surface area contributed by atoms with Gasteiger partial charge in [0.15, 0.2) is 0 Å². The van der Waals surface area contributed by atoms with Gasteiger partial charge in [-0.3, -0.25) is 19.7 Å². The Balaban J connectivity index is 2.27. The zero-order valence-electron chi connectivity index (χ0n) is 16.4. The molecule has 1 N–H and O–H groups in total. The molecule has 1 atom stereocenters. The molecule has 0 aliphatic rings. The van der Waals surface area contributed by atoms with E-state index in [9.17, 15) is 19.7 Å². The Kier molecular flexibility index (Phi) is 8.33. The number of hydrogen-bond acceptors (Lipinski definition) is 4. The molecule has 0 aliphatic heterocycles. The molecule has 2 aromatic rings. The molecule has 0 radical (unpaired) electrons. The van der Waals surface area contributed by atoms with Crippen LogP contribution in [-0.4, -0.2) is 34.2 Å². The first kappa shape index (κ1) is 22.5. The van der Waals surface area contributed by atoms with E-state index in [0.29, 0.717) is 12.1 Å². The van der Waals surface area contributed by atoms with Crippen molar-refractivity contribution in [2.24, 2.45) is 0 Å². The fourth-order valence-electron chi connectivity index (χ4n) is 2.87. The van der Waals surface area contributed by atoms with Gasteiger partial charge >= 0.3 is 0 Å². The van der Waals surface area contributed by atoms with Gasteiger partial charge in [0.2, 0.25) is 11.8 Å². The molecule has 0 aromatic heterocycles. The van der Waals surface area contributed by atoms with Gasteiger partial charge < -0.3 is 10.2 Å². The first-order valence-corrected chi connectivity index (χ1v) is 10.2. The van der Waals surface area contributed by atoms with Crippen molar-refractivity contribution >= 4 is 33.4 Å². The first-order chi connectivity index (χ1) is 13.8. The normalized spacial score (nSPS) is 11.6. The van der Waals surface area contributed by atoms with Crippen LogP contribution in [0, 0.1) is 10.1 Å². The third-order valence-corrected chi connectivity index (χ3v) is 5.04. The van der Waals surface area contributed by atoms with E-state index in [1.807, 2.05) is 31.2 Å². The number of carbonyl (C=O) groups excluding carboxylic acids is 2. The number of nitrogens with one attached hydrogen (secondary N) is 1. The van der Waals surface area contributed by atoms with Crippen molar-refractivity contribution in [1.29, 1.82) is 0 Å². The molecule has 0 heterocycles. The molecule has 7 nitrogen and oxygen atoms in total. The second-order valence-electron chi connectivity index (χ2n) is 6.68. The summed E-state index contributed by atoms with van der Waals surface area (Å²) >= 11 is 3.38. The standard InChI is InChI=1S/C21H24BrN3O4/c1-3-12-23-21(27)15(2)24(14-16-8-10-18(22)11-9-16)20(26)13-17-6-4-5-7-19(17)25(28)29/h4-11,15H,3,12-14H2,1-2H3,(H,23,27). The van der Waals surface area contributed by atoms with E-state index in [0.717, 1.165) is 16.5 Å². The molecule has 29 heavy (non-hydrogen) atoms. The highest BCUT2D eigenvalue weighted by molar-refractivity contribution is 9.10. The number of benzene rings is 2. The molecule has 2 rings (SSSR count). The van der Waals surface area contributed by atoms with E-state index in [2.05, 4.69) is 21.2 Å². The molecule has 0 spiro atoms. The predicted octanol–water partition coefficient (Wildman–Crippen LogP) is 3.84. The number of nitro benzene ring substituents is 1. The lowest BCUT2D eigenvalue weighted by atomic mass is 10.1. The fourth-order valence-corrected chi connectivity index (χ4v) is 3.13. The van der Waals surface area contributed by atoms with Crippen molar-refractivity contribution in [2.75, 3.05) is 6.54 Å². The van der Waals surface area contributed by atoms with Crippen LogP contribution < -0.4 is 5.32 Å². The molecular weight excluding hydrogens is 438 g/mol. The highest BCUT2D eigenvalue weighted by atomic mass is 79.9. The van der Waals surface area contributed by atoms with Crippen molar-refractivity contribution in [2.45, 2.75) is 39.3 Å². The maximum Gasteiger partial charge on any atom is 0.273 e. The lowest BCUT2D eigenvalue weighted by molar-refractivity contribution is -0.385. The van der Waals surface area contributed by atoms with Crippen LogP contribution in [0.15, 0.2) is 53.0 Å². The Hall–Kier alpha value is -2.74. The van der Waals surface area contributed by atoms with Gasteiger partial charge in [-0.25, -0.2) is 0 Å². The second kappa shape index (κ2) is 10.7. The number of nitro groups is 1. The van der Waals surface area contributed by atoms with E-state index in [1.54, 1.807) is 25.1 Å². The summed E-state index contributed by atoms with van der Waals surface area (Å²) in [6.45, 7) is 4.37. The van der Waals surface area contributed by atoms with Crippen molar-refractivity contribution in [1.82, 2.24) is 10.2 Å². The third kappa shape index (κ3) is 6.39. The Labute approximate surface area is 178 Å². The second-order valence-corrected chi connectivity index (χ2v) is 7.59. The Bertz CT molecular complexity index is 870. The van der Waals surface area contributed by atoms with E-state index in [1.165, 1.54) is 11.0 Å². The number of halogens is 1. The monoisotopic (exact) mass is 461 g/mol. The fraction of sp³-hybridized carbons (Fsp3) is 0.333. The zero-order chi connectivity index (χ0) is 21.4. The topological polar surface area (TPSA) is 92.6 Å². The molecule has 0 bridgehead atoms. The summed E-state index contributed by atoms with van der Waals surface area (Å²) in [5.41, 5.74) is 1.08. The van der Waals surface area contributed by atoms with Crippen LogP contribution in [0.1, 0.15) is 31.4 Å². The van der Waals surface area contributed by atoms with Gasteiger partial charge in [0.25, 0.3) is 5.69 Å². The molecule has 1 unspecified atom stereocenters. The molecule has 2 amide bonds. The molecule has 0 saturated carbocycles. The smallest absolute Gasteiger partial charge is 0.273 e. The molecule has 0 saturated heterocycles. The van der Waals surface area contributed by atoms with Gasteiger partial charge in [-0.1, -0.05) is 53.2 Å². The zero-order valence-corrected chi connectivity index (χ0v) is 18.0. The SMILES string of the molecule is CCCNC(=O)C(C)N(Cc1ccc(Br)cc1)C(=O)Cc1ccccc1[N+](=O)[O-]. The van der Waals surface area contributed by atoms with Crippen LogP contribution in [0.25, 0.3) is 0 Å². The van der Waals surface area contributed by atoms with Gasteiger partial charge in [-0.15, -0.1) is 0 Å². The van der Waals surface area contributed by atoms with Crippen LogP contribution in [0.5, 0.6) is 0 Å². The lowest BCUT2D eigenvalue weighted by Gasteiger charge is -2.29. The minimum absolute atomic E-state index is 0.104. The first-order valence-electron chi connectivity index (χ1n) is 9.37. The van der Waals surface area contributed by atoms with E-state index < -0.39 is 11.0 Å².